The van der Waals surface area contributed by atoms with Crippen LogP contribution in [0.4, 0.5) is 0 Å². The largest absolute Gasteiger partial charge is 0.508 e. The van der Waals surface area contributed by atoms with Crippen molar-refractivity contribution in [2.75, 3.05) is 39.8 Å². The fourth-order valence-corrected chi connectivity index (χ4v) is 2.38. The van der Waals surface area contributed by atoms with E-state index in [0.29, 0.717) is 12.1 Å². The van der Waals surface area contributed by atoms with Gasteiger partial charge in [-0.3, -0.25) is 9.69 Å². The summed E-state index contributed by atoms with van der Waals surface area (Å²) in [4.78, 5) is 15.8. The molecule has 1 atom stereocenters. The normalized spacial score (nSPS) is 19.2. The van der Waals surface area contributed by atoms with Gasteiger partial charge in [0.2, 0.25) is 0 Å². The fraction of sp³-hybridized carbons (Fsp3) is 0.500. The molecule has 1 aromatic carbocycles. The van der Waals surface area contributed by atoms with Crippen LogP contribution in [0.15, 0.2) is 24.3 Å². The molecule has 0 bridgehead atoms. The number of aromatic hydroxyl groups is 1. The van der Waals surface area contributed by atoms with Crippen molar-refractivity contribution in [3.8, 4) is 5.75 Å². The average molecular weight is 264 g/mol. The molecule has 1 heterocycles. The highest BCUT2D eigenvalue weighted by atomic mass is 16.4. The first kappa shape index (κ1) is 13.8. The zero-order valence-electron chi connectivity index (χ0n) is 11.1. The lowest BCUT2D eigenvalue weighted by Gasteiger charge is -2.33. The van der Waals surface area contributed by atoms with Crippen molar-refractivity contribution in [2.45, 2.75) is 5.92 Å². The first-order chi connectivity index (χ1) is 9.08. The summed E-state index contributed by atoms with van der Waals surface area (Å²) in [5.41, 5.74) is 0.494. The number of phenolic OH excluding ortho intramolecular Hbond substituents is 1. The molecule has 1 fully saturated rings. The van der Waals surface area contributed by atoms with E-state index in [1.807, 2.05) is 0 Å². The number of carboxylic acids is 1. The van der Waals surface area contributed by atoms with Gasteiger partial charge in [-0.25, -0.2) is 0 Å². The number of benzene rings is 1. The second-order valence-electron chi connectivity index (χ2n) is 5.05. The summed E-state index contributed by atoms with van der Waals surface area (Å²) < 4.78 is 0. The lowest BCUT2D eigenvalue weighted by atomic mass is 9.97. The van der Waals surface area contributed by atoms with E-state index in [0.717, 1.165) is 26.2 Å². The maximum absolute atomic E-state index is 11.4. The van der Waals surface area contributed by atoms with E-state index < -0.39 is 11.9 Å². The second kappa shape index (κ2) is 6.04. The molecule has 104 valence electrons. The quantitative estimate of drug-likeness (QED) is 0.842. The van der Waals surface area contributed by atoms with Gasteiger partial charge in [-0.05, 0) is 13.1 Å². The smallest absolute Gasteiger partial charge is 0.312 e. The van der Waals surface area contributed by atoms with Crippen LogP contribution in [0.5, 0.6) is 5.75 Å². The first-order valence-corrected chi connectivity index (χ1v) is 6.49. The number of likely N-dealkylation sites (N-methyl/N-ethyl adjacent to an activating group) is 1. The minimum Gasteiger partial charge on any atom is -0.508 e. The van der Waals surface area contributed by atoms with Crippen LogP contribution >= 0.6 is 0 Å². The number of carbonyl (C=O) groups is 1. The number of para-hydroxylation sites is 1. The van der Waals surface area contributed by atoms with Gasteiger partial charge in [0.1, 0.15) is 5.75 Å². The maximum atomic E-state index is 11.4. The van der Waals surface area contributed by atoms with E-state index >= 15 is 0 Å². The summed E-state index contributed by atoms with van der Waals surface area (Å²) in [6.07, 6.45) is 0. The molecule has 1 aromatic rings. The van der Waals surface area contributed by atoms with Crippen molar-refractivity contribution in [1.82, 2.24) is 9.80 Å². The standard InChI is InChI=1S/C14H20N2O3/c1-15-6-8-16(9-7-15)10-12(14(18)19)11-4-2-3-5-13(11)17/h2-5,12,17H,6-10H2,1H3,(H,18,19). The zero-order chi connectivity index (χ0) is 13.8. The van der Waals surface area contributed by atoms with Crippen molar-refractivity contribution in [1.29, 1.82) is 0 Å². The topological polar surface area (TPSA) is 64.0 Å². The molecule has 1 saturated heterocycles. The van der Waals surface area contributed by atoms with Gasteiger partial charge >= 0.3 is 5.97 Å². The number of phenols is 1. The fourth-order valence-electron chi connectivity index (χ4n) is 2.38. The molecule has 0 aliphatic carbocycles. The van der Waals surface area contributed by atoms with E-state index in [1.54, 1.807) is 18.2 Å². The SMILES string of the molecule is CN1CCN(CC(C(=O)O)c2ccccc2O)CC1. The van der Waals surface area contributed by atoms with E-state index in [2.05, 4.69) is 16.8 Å². The molecule has 5 nitrogen and oxygen atoms in total. The van der Waals surface area contributed by atoms with Gasteiger partial charge in [-0.15, -0.1) is 0 Å². The first-order valence-electron chi connectivity index (χ1n) is 6.49. The Labute approximate surface area is 113 Å². The van der Waals surface area contributed by atoms with Crippen LogP contribution in [0.1, 0.15) is 11.5 Å². The number of piperazine rings is 1. The summed E-state index contributed by atoms with van der Waals surface area (Å²) in [6.45, 7) is 4.09. The summed E-state index contributed by atoms with van der Waals surface area (Å²) in [7, 11) is 2.06. The van der Waals surface area contributed by atoms with Crippen molar-refractivity contribution in [3.63, 3.8) is 0 Å². The molecule has 5 heteroatoms. The molecule has 0 aromatic heterocycles. The van der Waals surface area contributed by atoms with Crippen molar-refractivity contribution < 1.29 is 15.0 Å². The minimum absolute atomic E-state index is 0.0593. The van der Waals surface area contributed by atoms with Crippen LogP contribution in [-0.2, 0) is 4.79 Å². The average Bonchev–Trinajstić information content (AvgIpc) is 2.39. The highest BCUT2D eigenvalue weighted by molar-refractivity contribution is 5.77. The van der Waals surface area contributed by atoms with Gasteiger partial charge in [0.15, 0.2) is 0 Å². The number of nitrogens with zero attached hydrogens (tertiary/aromatic N) is 2. The van der Waals surface area contributed by atoms with Crippen LogP contribution in [0, 0.1) is 0 Å². The Morgan fingerprint density at radius 3 is 2.47 bits per heavy atom. The molecule has 2 rings (SSSR count). The van der Waals surface area contributed by atoms with Crippen LogP contribution < -0.4 is 0 Å². The third-order valence-corrected chi connectivity index (χ3v) is 3.65. The van der Waals surface area contributed by atoms with Gasteiger partial charge < -0.3 is 15.1 Å². The lowest BCUT2D eigenvalue weighted by Crippen LogP contribution is -2.46. The lowest BCUT2D eigenvalue weighted by molar-refractivity contribution is -0.139. The van der Waals surface area contributed by atoms with E-state index in [-0.39, 0.29) is 5.75 Å². The Bertz CT molecular complexity index is 442. The monoisotopic (exact) mass is 264 g/mol. The summed E-state index contributed by atoms with van der Waals surface area (Å²) in [5.74, 6) is -1.51. The Kier molecular flexibility index (Phi) is 4.39. The minimum atomic E-state index is -0.888. The summed E-state index contributed by atoms with van der Waals surface area (Å²) in [5, 5.41) is 19.2. The van der Waals surface area contributed by atoms with Crippen molar-refractivity contribution >= 4 is 5.97 Å². The number of carboxylic acid groups (broad SMARTS) is 1. The molecular weight excluding hydrogens is 244 g/mol. The van der Waals surface area contributed by atoms with Crippen molar-refractivity contribution in [2.24, 2.45) is 0 Å². The van der Waals surface area contributed by atoms with Crippen molar-refractivity contribution in [3.05, 3.63) is 29.8 Å². The van der Waals surface area contributed by atoms with E-state index in [1.165, 1.54) is 6.07 Å². The van der Waals surface area contributed by atoms with Gasteiger partial charge in [0.05, 0.1) is 5.92 Å². The van der Waals surface area contributed by atoms with E-state index in [9.17, 15) is 15.0 Å². The van der Waals surface area contributed by atoms with Gasteiger partial charge in [-0.1, -0.05) is 18.2 Å². The summed E-state index contributed by atoms with van der Waals surface area (Å²) >= 11 is 0. The number of rotatable bonds is 4. The van der Waals surface area contributed by atoms with Gasteiger partial charge in [0.25, 0.3) is 0 Å². The van der Waals surface area contributed by atoms with Crippen LogP contribution in [0.2, 0.25) is 0 Å². The Morgan fingerprint density at radius 1 is 1.26 bits per heavy atom. The molecular formula is C14H20N2O3. The predicted octanol–water partition coefficient (Wildman–Crippen LogP) is 0.808. The van der Waals surface area contributed by atoms with Crippen LogP contribution in [0.25, 0.3) is 0 Å². The second-order valence-corrected chi connectivity index (χ2v) is 5.05. The van der Waals surface area contributed by atoms with E-state index in [4.69, 9.17) is 0 Å². The number of hydrogen-bond acceptors (Lipinski definition) is 4. The highest BCUT2D eigenvalue weighted by Gasteiger charge is 2.26. The third-order valence-electron chi connectivity index (χ3n) is 3.65. The molecule has 19 heavy (non-hydrogen) atoms. The Balaban J connectivity index is 2.09. The molecule has 2 N–H and O–H groups in total. The molecule has 0 amide bonds. The van der Waals surface area contributed by atoms with Crippen LogP contribution in [0.3, 0.4) is 0 Å². The molecule has 0 saturated carbocycles. The summed E-state index contributed by atoms with van der Waals surface area (Å²) in [6, 6.07) is 6.68. The maximum Gasteiger partial charge on any atom is 0.312 e. The van der Waals surface area contributed by atoms with Crippen LogP contribution in [-0.4, -0.2) is 65.8 Å². The third kappa shape index (κ3) is 3.45. The molecule has 1 unspecified atom stereocenters. The van der Waals surface area contributed by atoms with Gasteiger partial charge in [0, 0.05) is 38.3 Å². The highest BCUT2D eigenvalue weighted by Crippen LogP contribution is 2.26. The Hall–Kier alpha value is -1.59. The van der Waals surface area contributed by atoms with Gasteiger partial charge in [-0.2, -0.15) is 0 Å². The molecule has 0 spiro atoms. The molecule has 0 radical (unpaired) electrons. The predicted molar refractivity (Wildman–Crippen MR) is 72.4 cm³/mol. The zero-order valence-corrected chi connectivity index (χ0v) is 11.1. The Morgan fingerprint density at radius 2 is 1.89 bits per heavy atom. The molecule has 1 aliphatic rings. The molecule has 1 aliphatic heterocycles. The number of hydrogen-bond donors (Lipinski definition) is 2. The number of aliphatic carboxylic acids is 1.